The van der Waals surface area contributed by atoms with Crippen molar-refractivity contribution in [1.29, 1.82) is 0 Å². The highest BCUT2D eigenvalue weighted by molar-refractivity contribution is 6.51. The zero-order valence-electron chi connectivity index (χ0n) is 12.1. The summed E-state index contributed by atoms with van der Waals surface area (Å²) in [7, 11) is 0. The number of carbonyl (C=O) groups excluding carboxylic acids is 2. The predicted molar refractivity (Wildman–Crippen MR) is 81.7 cm³/mol. The molecule has 21 heavy (non-hydrogen) atoms. The van der Waals surface area contributed by atoms with Gasteiger partial charge >= 0.3 is 0 Å². The lowest BCUT2D eigenvalue weighted by molar-refractivity contribution is -0.112. The topological polar surface area (TPSA) is 49.4 Å². The van der Waals surface area contributed by atoms with Crippen LogP contribution in [0.1, 0.15) is 48.9 Å². The number of hydrogen-bond donors (Lipinski definition) is 1. The molecule has 0 aromatic heterocycles. The van der Waals surface area contributed by atoms with Gasteiger partial charge in [-0.05, 0) is 49.8 Å². The van der Waals surface area contributed by atoms with Gasteiger partial charge in [0, 0.05) is 18.3 Å². The Morgan fingerprint density at radius 3 is 2.76 bits per heavy atom. The third-order valence-electron chi connectivity index (χ3n) is 5.28. The quantitative estimate of drug-likeness (QED) is 0.807. The maximum atomic E-state index is 11.7. The molecule has 1 aromatic carbocycles. The highest BCUT2D eigenvalue weighted by atomic mass is 16.2. The molecular formula is C17H20N2O2. The molecule has 4 rings (SSSR count). The van der Waals surface area contributed by atoms with Gasteiger partial charge in [-0.25, -0.2) is 0 Å². The van der Waals surface area contributed by atoms with E-state index in [1.807, 2.05) is 12.1 Å². The van der Waals surface area contributed by atoms with Crippen molar-refractivity contribution in [3.63, 3.8) is 0 Å². The Hall–Kier alpha value is -1.84. The number of rotatable bonds is 1. The summed E-state index contributed by atoms with van der Waals surface area (Å²) < 4.78 is 0. The summed E-state index contributed by atoms with van der Waals surface area (Å²) in [4.78, 5) is 25.7. The molecule has 110 valence electrons. The first-order chi connectivity index (χ1) is 10.2. The number of anilines is 2. The second-order valence-electron chi connectivity index (χ2n) is 6.46. The average Bonchev–Trinajstić information content (AvgIpc) is 2.81. The first-order valence-electron chi connectivity index (χ1n) is 8.00. The number of nitrogens with zero attached hydrogens (tertiary/aromatic N) is 1. The zero-order valence-corrected chi connectivity index (χ0v) is 12.1. The van der Waals surface area contributed by atoms with Crippen LogP contribution in [0.25, 0.3) is 0 Å². The normalized spacial score (nSPS) is 28.1. The fourth-order valence-corrected chi connectivity index (χ4v) is 4.26. The minimum atomic E-state index is -0.503. The Balaban J connectivity index is 1.66. The third kappa shape index (κ3) is 2.04. The van der Waals surface area contributed by atoms with Gasteiger partial charge in [-0.15, -0.1) is 0 Å². The highest BCUT2D eigenvalue weighted by Gasteiger charge is 2.34. The van der Waals surface area contributed by atoms with E-state index in [2.05, 4.69) is 10.2 Å². The van der Waals surface area contributed by atoms with Gasteiger partial charge in [-0.3, -0.25) is 9.59 Å². The number of Topliss-reactive ketones (excluding diaryl/α,β-unsaturated/α-hetero) is 1. The van der Waals surface area contributed by atoms with Gasteiger partial charge in [-0.1, -0.05) is 12.8 Å². The molecule has 1 saturated heterocycles. The Labute approximate surface area is 124 Å². The lowest BCUT2D eigenvalue weighted by atomic mass is 9.78. The van der Waals surface area contributed by atoms with Crippen molar-refractivity contribution in [1.82, 2.24) is 0 Å². The standard InChI is InChI=1S/C17H20N2O2/c20-16-13-8-7-12(10-14(13)18-17(16)21)19-9-3-5-11-4-1-2-6-15(11)19/h7-8,10-11,15H,1-6,9H2,(H,18,20,21)/t11-,15-/m1/s1. The van der Waals surface area contributed by atoms with Crippen molar-refractivity contribution in [3.05, 3.63) is 23.8 Å². The highest BCUT2D eigenvalue weighted by Crippen LogP contribution is 2.39. The van der Waals surface area contributed by atoms with Crippen LogP contribution in [0.4, 0.5) is 11.4 Å². The fourth-order valence-electron chi connectivity index (χ4n) is 4.26. The molecule has 0 bridgehead atoms. The van der Waals surface area contributed by atoms with Crippen LogP contribution in [-0.4, -0.2) is 24.3 Å². The number of carbonyl (C=O) groups is 2. The minimum Gasteiger partial charge on any atom is -0.368 e. The van der Waals surface area contributed by atoms with Crippen LogP contribution in [0.5, 0.6) is 0 Å². The second-order valence-corrected chi connectivity index (χ2v) is 6.46. The Kier molecular flexibility index (Phi) is 2.98. The van der Waals surface area contributed by atoms with Crippen LogP contribution < -0.4 is 10.2 Å². The summed E-state index contributed by atoms with van der Waals surface area (Å²) in [6.07, 6.45) is 7.89. The Morgan fingerprint density at radius 2 is 1.86 bits per heavy atom. The van der Waals surface area contributed by atoms with Crippen LogP contribution in [0.15, 0.2) is 18.2 Å². The van der Waals surface area contributed by atoms with Gasteiger partial charge in [0.05, 0.1) is 11.3 Å². The summed E-state index contributed by atoms with van der Waals surface area (Å²) in [5, 5.41) is 2.68. The van der Waals surface area contributed by atoms with Crippen LogP contribution in [0.2, 0.25) is 0 Å². The van der Waals surface area contributed by atoms with Crippen molar-refractivity contribution in [3.8, 4) is 0 Å². The number of fused-ring (bicyclic) bond motifs is 2. The van der Waals surface area contributed by atoms with Gasteiger partial charge in [0.15, 0.2) is 0 Å². The van der Waals surface area contributed by atoms with Crippen molar-refractivity contribution >= 4 is 23.1 Å². The molecular weight excluding hydrogens is 264 g/mol. The second kappa shape index (κ2) is 4.86. The molecule has 2 aliphatic heterocycles. The Bertz CT molecular complexity index is 609. The molecule has 2 heterocycles. The van der Waals surface area contributed by atoms with E-state index in [-0.39, 0.29) is 0 Å². The van der Waals surface area contributed by atoms with Gasteiger partial charge in [-0.2, -0.15) is 0 Å². The lowest BCUT2D eigenvalue weighted by Crippen LogP contribution is -2.46. The smallest absolute Gasteiger partial charge is 0.296 e. The van der Waals surface area contributed by atoms with E-state index < -0.39 is 11.7 Å². The molecule has 1 aromatic rings. The monoisotopic (exact) mass is 284 g/mol. The zero-order chi connectivity index (χ0) is 14.4. The number of benzene rings is 1. The van der Waals surface area contributed by atoms with Crippen molar-refractivity contribution in [2.45, 2.75) is 44.6 Å². The molecule has 1 saturated carbocycles. The molecule has 1 amide bonds. The molecule has 0 radical (unpaired) electrons. The van der Waals surface area contributed by atoms with Crippen molar-refractivity contribution < 1.29 is 9.59 Å². The molecule has 0 spiro atoms. The largest absolute Gasteiger partial charge is 0.368 e. The molecule has 0 unspecified atom stereocenters. The maximum absolute atomic E-state index is 11.7. The van der Waals surface area contributed by atoms with Gasteiger partial charge in [0.25, 0.3) is 11.7 Å². The number of piperidine rings is 1. The third-order valence-corrected chi connectivity index (χ3v) is 5.28. The number of nitrogens with one attached hydrogen (secondary N) is 1. The van der Waals surface area contributed by atoms with Crippen LogP contribution in [0, 0.1) is 5.92 Å². The van der Waals surface area contributed by atoms with Crippen molar-refractivity contribution in [2.24, 2.45) is 5.92 Å². The summed E-state index contributed by atoms with van der Waals surface area (Å²) in [5.74, 6) is -0.0981. The van der Waals surface area contributed by atoms with E-state index in [9.17, 15) is 9.59 Å². The van der Waals surface area contributed by atoms with Crippen molar-refractivity contribution in [2.75, 3.05) is 16.8 Å². The molecule has 4 heteroatoms. The molecule has 3 aliphatic rings. The molecule has 1 aliphatic carbocycles. The maximum Gasteiger partial charge on any atom is 0.296 e. The predicted octanol–water partition coefficient (Wildman–Crippen LogP) is 2.98. The van der Waals surface area contributed by atoms with E-state index in [1.165, 1.54) is 38.5 Å². The van der Waals surface area contributed by atoms with E-state index >= 15 is 0 Å². The Morgan fingerprint density at radius 1 is 1.05 bits per heavy atom. The first-order valence-corrected chi connectivity index (χ1v) is 8.00. The molecule has 2 atom stereocenters. The number of hydrogen-bond acceptors (Lipinski definition) is 3. The summed E-state index contributed by atoms with van der Waals surface area (Å²) >= 11 is 0. The van der Waals surface area contributed by atoms with E-state index in [4.69, 9.17) is 0 Å². The van der Waals surface area contributed by atoms with Gasteiger partial charge in [0.2, 0.25) is 0 Å². The summed E-state index contributed by atoms with van der Waals surface area (Å²) in [6, 6.07) is 6.43. The van der Waals surface area contributed by atoms with Gasteiger partial charge < -0.3 is 10.2 Å². The summed E-state index contributed by atoms with van der Waals surface area (Å²) in [6.45, 7) is 1.09. The van der Waals surface area contributed by atoms with Gasteiger partial charge in [0.1, 0.15) is 0 Å². The minimum absolute atomic E-state index is 0.411. The fraction of sp³-hybridized carbons (Fsp3) is 0.529. The summed E-state index contributed by atoms with van der Waals surface area (Å²) in [5.41, 5.74) is 2.35. The molecule has 2 fully saturated rings. The first kappa shape index (κ1) is 12.9. The van der Waals surface area contributed by atoms with Crippen LogP contribution >= 0.6 is 0 Å². The molecule has 1 N–H and O–H groups in total. The molecule has 4 nitrogen and oxygen atoms in total. The van der Waals surface area contributed by atoms with E-state index in [1.54, 1.807) is 6.07 Å². The SMILES string of the molecule is O=C1Nc2cc(N3CCC[C@H]4CCCC[C@H]43)ccc2C1=O. The van der Waals surface area contributed by atoms with E-state index in [0.29, 0.717) is 17.3 Å². The van der Waals surface area contributed by atoms with Crippen LogP contribution in [-0.2, 0) is 4.79 Å². The number of ketones is 1. The lowest BCUT2D eigenvalue weighted by Gasteiger charge is -2.45. The average molecular weight is 284 g/mol. The number of amides is 1. The van der Waals surface area contributed by atoms with E-state index in [0.717, 1.165) is 18.2 Å². The van der Waals surface area contributed by atoms with Crippen LogP contribution in [0.3, 0.4) is 0 Å².